The summed E-state index contributed by atoms with van der Waals surface area (Å²) in [5, 5.41) is 8.73. The molecule has 0 fully saturated rings. The summed E-state index contributed by atoms with van der Waals surface area (Å²) in [4.78, 5) is 9.44. The van der Waals surface area contributed by atoms with Crippen LogP contribution in [0.4, 0.5) is 0 Å². The van der Waals surface area contributed by atoms with Gasteiger partial charge in [0.15, 0.2) is 0 Å². The molecule has 0 unspecified atom stereocenters. The number of rotatable bonds is 2. The molecule has 2 rings (SSSR count). The van der Waals surface area contributed by atoms with Crippen LogP contribution in [-0.4, -0.2) is 16.3 Å². The first-order chi connectivity index (χ1) is 6.85. The molecule has 1 aromatic heterocycles. The van der Waals surface area contributed by atoms with E-state index in [0.29, 0.717) is 12.2 Å². The minimum Gasteiger partial charge on any atom is -0.413 e. The van der Waals surface area contributed by atoms with Gasteiger partial charge in [-0.1, -0.05) is 0 Å². The zero-order chi connectivity index (χ0) is 9.97. The number of imidazole rings is 1. The van der Waals surface area contributed by atoms with Gasteiger partial charge in [-0.15, -0.1) is 0 Å². The Hall–Kier alpha value is -2.02. The lowest BCUT2D eigenvalue weighted by molar-refractivity contribution is 0.131. The first kappa shape index (κ1) is 8.57. The van der Waals surface area contributed by atoms with Gasteiger partial charge >= 0.3 is 0 Å². The molecule has 0 amide bonds. The molecule has 0 bridgehead atoms. The summed E-state index contributed by atoms with van der Waals surface area (Å²) in [5.74, 6) is 0. The third kappa shape index (κ3) is 1.29. The van der Waals surface area contributed by atoms with E-state index in [4.69, 9.17) is 10.1 Å². The second-order valence-corrected chi connectivity index (χ2v) is 2.80. The number of nitrogens with zero attached hydrogens (tertiary/aromatic N) is 3. The molecule has 4 heteroatoms. The van der Waals surface area contributed by atoms with Crippen molar-refractivity contribution in [3.05, 3.63) is 30.1 Å². The van der Waals surface area contributed by atoms with E-state index < -0.39 is 0 Å². The molecule has 70 valence electrons. The summed E-state index contributed by atoms with van der Waals surface area (Å²) in [5.41, 5.74) is 2.27. The maximum Gasteiger partial charge on any atom is 0.133 e. The Morgan fingerprint density at radius 2 is 2.43 bits per heavy atom. The van der Waals surface area contributed by atoms with E-state index in [0.717, 1.165) is 11.0 Å². The van der Waals surface area contributed by atoms with Gasteiger partial charge in [-0.2, -0.15) is 9.99 Å². The molecular weight excluding hydrogens is 178 g/mol. The second kappa shape index (κ2) is 3.38. The summed E-state index contributed by atoms with van der Waals surface area (Å²) in [6.07, 6.45) is 1.61. The highest BCUT2D eigenvalue weighted by atomic mass is 16.7. The Bertz CT molecular complexity index is 496. The molecule has 14 heavy (non-hydrogen) atoms. The van der Waals surface area contributed by atoms with Crippen LogP contribution in [0.2, 0.25) is 0 Å². The number of fused-ring (bicyclic) bond motifs is 1. The van der Waals surface area contributed by atoms with Crippen LogP contribution < -0.4 is 4.84 Å². The number of aromatic nitrogens is 2. The Kier molecular flexibility index (Phi) is 2.07. The standard InChI is InChI=1S/C10H9N3O/c1-2-14-13-7-12-9-4-3-8(6-11)5-10(9)13/h3-5,7H,2H2,1H3. The lowest BCUT2D eigenvalue weighted by Crippen LogP contribution is -2.08. The molecule has 0 saturated carbocycles. The number of nitriles is 1. The molecule has 0 spiro atoms. The molecule has 2 aromatic rings. The van der Waals surface area contributed by atoms with Gasteiger partial charge in [0.25, 0.3) is 0 Å². The van der Waals surface area contributed by atoms with Crippen LogP contribution >= 0.6 is 0 Å². The van der Waals surface area contributed by atoms with Crippen molar-refractivity contribution in [3.63, 3.8) is 0 Å². The average Bonchev–Trinajstić information content (AvgIpc) is 2.61. The second-order valence-electron chi connectivity index (χ2n) is 2.80. The minimum absolute atomic E-state index is 0.572. The van der Waals surface area contributed by atoms with Gasteiger partial charge < -0.3 is 4.84 Å². The van der Waals surface area contributed by atoms with Crippen molar-refractivity contribution in [2.45, 2.75) is 6.92 Å². The van der Waals surface area contributed by atoms with Gasteiger partial charge in [0.05, 0.1) is 17.1 Å². The molecule has 1 heterocycles. The topological polar surface area (TPSA) is 50.8 Å². The first-order valence-electron chi connectivity index (χ1n) is 4.35. The Balaban J connectivity index is 2.59. The Morgan fingerprint density at radius 1 is 1.57 bits per heavy atom. The quantitative estimate of drug-likeness (QED) is 0.713. The predicted molar refractivity (Wildman–Crippen MR) is 51.6 cm³/mol. The fourth-order valence-corrected chi connectivity index (χ4v) is 1.30. The fourth-order valence-electron chi connectivity index (χ4n) is 1.30. The normalized spacial score (nSPS) is 10.0. The molecule has 0 atom stereocenters. The lowest BCUT2D eigenvalue weighted by Gasteiger charge is -2.03. The van der Waals surface area contributed by atoms with Crippen molar-refractivity contribution in [1.82, 2.24) is 9.71 Å². The molecular formula is C10H9N3O. The number of benzene rings is 1. The molecule has 0 N–H and O–H groups in total. The van der Waals surface area contributed by atoms with Gasteiger partial charge in [0, 0.05) is 0 Å². The zero-order valence-electron chi connectivity index (χ0n) is 7.77. The third-order valence-electron chi connectivity index (χ3n) is 1.91. The van der Waals surface area contributed by atoms with Crippen LogP contribution in [0.25, 0.3) is 11.0 Å². The first-order valence-corrected chi connectivity index (χ1v) is 4.35. The molecule has 4 nitrogen and oxygen atoms in total. The maximum atomic E-state index is 8.73. The smallest absolute Gasteiger partial charge is 0.133 e. The summed E-state index contributed by atoms with van der Waals surface area (Å²) in [7, 11) is 0. The van der Waals surface area contributed by atoms with Crippen molar-refractivity contribution >= 4 is 11.0 Å². The van der Waals surface area contributed by atoms with Crippen LogP contribution in [-0.2, 0) is 0 Å². The number of hydrogen-bond donors (Lipinski definition) is 0. The molecule has 0 aliphatic carbocycles. The van der Waals surface area contributed by atoms with E-state index in [2.05, 4.69) is 11.1 Å². The lowest BCUT2D eigenvalue weighted by atomic mass is 10.2. The molecule has 1 aromatic carbocycles. The van der Waals surface area contributed by atoms with Gasteiger partial charge in [-0.25, -0.2) is 4.98 Å². The summed E-state index contributed by atoms with van der Waals surface area (Å²) < 4.78 is 1.58. The summed E-state index contributed by atoms with van der Waals surface area (Å²) in [6.45, 7) is 2.47. The predicted octanol–water partition coefficient (Wildman–Crippen LogP) is 1.36. The summed E-state index contributed by atoms with van der Waals surface area (Å²) in [6, 6.07) is 7.39. The van der Waals surface area contributed by atoms with E-state index in [1.54, 1.807) is 23.2 Å². The van der Waals surface area contributed by atoms with Gasteiger partial charge in [0.1, 0.15) is 18.5 Å². The van der Waals surface area contributed by atoms with Crippen LogP contribution in [0.5, 0.6) is 0 Å². The average molecular weight is 187 g/mol. The van der Waals surface area contributed by atoms with Gasteiger partial charge in [0.2, 0.25) is 0 Å². The van der Waals surface area contributed by atoms with Crippen molar-refractivity contribution in [2.75, 3.05) is 6.61 Å². The van der Waals surface area contributed by atoms with Crippen molar-refractivity contribution in [3.8, 4) is 6.07 Å². The van der Waals surface area contributed by atoms with Crippen LogP contribution in [0.3, 0.4) is 0 Å². The van der Waals surface area contributed by atoms with E-state index in [1.165, 1.54) is 0 Å². The molecule has 0 radical (unpaired) electrons. The van der Waals surface area contributed by atoms with Crippen LogP contribution in [0.15, 0.2) is 24.5 Å². The maximum absolute atomic E-state index is 8.73. The fraction of sp³-hybridized carbons (Fsp3) is 0.200. The largest absolute Gasteiger partial charge is 0.413 e. The van der Waals surface area contributed by atoms with E-state index >= 15 is 0 Å². The minimum atomic E-state index is 0.572. The van der Waals surface area contributed by atoms with Crippen LogP contribution in [0.1, 0.15) is 12.5 Å². The number of hydrogen-bond acceptors (Lipinski definition) is 3. The van der Waals surface area contributed by atoms with Crippen molar-refractivity contribution < 1.29 is 4.84 Å². The van der Waals surface area contributed by atoms with Crippen molar-refractivity contribution in [1.29, 1.82) is 5.26 Å². The highest BCUT2D eigenvalue weighted by molar-refractivity contribution is 5.76. The van der Waals surface area contributed by atoms with Crippen LogP contribution in [0, 0.1) is 11.3 Å². The van der Waals surface area contributed by atoms with E-state index in [1.807, 2.05) is 13.0 Å². The highest BCUT2D eigenvalue weighted by Gasteiger charge is 2.03. The van der Waals surface area contributed by atoms with Gasteiger partial charge in [-0.3, -0.25) is 0 Å². The van der Waals surface area contributed by atoms with E-state index in [9.17, 15) is 0 Å². The Labute approximate surface area is 81.3 Å². The summed E-state index contributed by atoms with van der Waals surface area (Å²) >= 11 is 0. The highest BCUT2D eigenvalue weighted by Crippen LogP contribution is 2.13. The molecule has 0 aliphatic rings. The monoisotopic (exact) mass is 187 g/mol. The van der Waals surface area contributed by atoms with Crippen molar-refractivity contribution in [2.24, 2.45) is 0 Å². The van der Waals surface area contributed by atoms with Gasteiger partial charge in [-0.05, 0) is 25.1 Å². The third-order valence-corrected chi connectivity index (χ3v) is 1.91. The zero-order valence-corrected chi connectivity index (χ0v) is 7.77. The Morgan fingerprint density at radius 3 is 3.14 bits per heavy atom. The van der Waals surface area contributed by atoms with E-state index in [-0.39, 0.29) is 0 Å². The molecule has 0 aliphatic heterocycles. The molecule has 0 saturated heterocycles. The SMILES string of the molecule is CCOn1cnc2ccc(C#N)cc21.